The van der Waals surface area contributed by atoms with Crippen molar-refractivity contribution in [3.8, 4) is 0 Å². The largest absolute Gasteiger partial charge is 0.452 e. The van der Waals surface area contributed by atoms with Gasteiger partial charge in [-0.3, -0.25) is 14.4 Å². The van der Waals surface area contributed by atoms with Gasteiger partial charge in [-0.2, -0.15) is 0 Å². The van der Waals surface area contributed by atoms with Gasteiger partial charge in [0.1, 0.15) is 0 Å². The average molecular weight is 423 g/mol. The van der Waals surface area contributed by atoms with E-state index in [0.29, 0.717) is 5.69 Å². The fourth-order valence-electron chi connectivity index (χ4n) is 2.92. The predicted molar refractivity (Wildman–Crippen MR) is 115 cm³/mol. The molecule has 1 saturated carbocycles. The van der Waals surface area contributed by atoms with Gasteiger partial charge in [0, 0.05) is 25.8 Å². The molecule has 31 heavy (non-hydrogen) atoms. The molecule has 0 atom stereocenters. The van der Waals surface area contributed by atoms with Crippen LogP contribution in [-0.2, 0) is 14.3 Å². The molecule has 8 heteroatoms. The molecule has 3 amide bonds. The Bertz CT molecular complexity index is 972. The van der Waals surface area contributed by atoms with Crippen LogP contribution < -0.4 is 10.2 Å². The third-order valence-corrected chi connectivity index (χ3v) is 4.90. The normalized spacial score (nSPS) is 12.6. The van der Waals surface area contributed by atoms with E-state index in [9.17, 15) is 19.2 Å². The van der Waals surface area contributed by atoms with Crippen LogP contribution in [0.15, 0.2) is 54.6 Å². The number of para-hydroxylation sites is 1. The minimum Gasteiger partial charge on any atom is -0.452 e. The first-order chi connectivity index (χ1) is 14.9. The zero-order valence-corrected chi connectivity index (χ0v) is 17.5. The van der Waals surface area contributed by atoms with Crippen molar-refractivity contribution >= 4 is 29.4 Å². The second-order valence-corrected chi connectivity index (χ2v) is 7.41. The van der Waals surface area contributed by atoms with E-state index in [4.69, 9.17) is 4.74 Å². The Morgan fingerprint density at radius 3 is 2.19 bits per heavy atom. The van der Waals surface area contributed by atoms with Gasteiger partial charge in [0.2, 0.25) is 5.91 Å². The summed E-state index contributed by atoms with van der Waals surface area (Å²) in [5, 5.41) is 2.79. The van der Waals surface area contributed by atoms with E-state index in [-0.39, 0.29) is 35.5 Å². The Hall–Kier alpha value is -3.68. The summed E-state index contributed by atoms with van der Waals surface area (Å²) < 4.78 is 5.13. The summed E-state index contributed by atoms with van der Waals surface area (Å²) in [6, 6.07) is 15.5. The molecule has 2 aromatic carbocycles. The second-order valence-electron chi connectivity index (χ2n) is 7.41. The fourth-order valence-corrected chi connectivity index (χ4v) is 2.92. The first-order valence-electron chi connectivity index (χ1n) is 9.99. The molecule has 8 nitrogen and oxygen atoms in total. The van der Waals surface area contributed by atoms with E-state index in [1.165, 1.54) is 29.0 Å². The molecule has 0 heterocycles. The van der Waals surface area contributed by atoms with Crippen LogP contribution in [0.4, 0.5) is 5.69 Å². The van der Waals surface area contributed by atoms with E-state index in [1.54, 1.807) is 31.3 Å². The zero-order chi connectivity index (χ0) is 22.4. The lowest BCUT2D eigenvalue weighted by atomic mass is 10.1. The minimum atomic E-state index is -0.783. The van der Waals surface area contributed by atoms with Gasteiger partial charge in [0.25, 0.3) is 11.8 Å². The number of hydrogen-bond donors (Lipinski definition) is 1. The van der Waals surface area contributed by atoms with Crippen molar-refractivity contribution in [3.63, 3.8) is 0 Å². The van der Waals surface area contributed by atoms with Crippen molar-refractivity contribution in [2.75, 3.05) is 32.1 Å². The van der Waals surface area contributed by atoms with Crippen molar-refractivity contribution in [2.45, 2.75) is 18.9 Å². The average Bonchev–Trinajstić information content (AvgIpc) is 3.60. The smallest absolute Gasteiger partial charge is 0.339 e. The van der Waals surface area contributed by atoms with Gasteiger partial charge in [-0.15, -0.1) is 0 Å². The maximum absolute atomic E-state index is 12.9. The molecular formula is C23H25N3O5. The van der Waals surface area contributed by atoms with Gasteiger partial charge in [-0.1, -0.05) is 30.3 Å². The lowest BCUT2D eigenvalue weighted by molar-refractivity contribution is -0.137. The van der Waals surface area contributed by atoms with Gasteiger partial charge in [0.05, 0.1) is 17.7 Å². The Kier molecular flexibility index (Phi) is 7.02. The number of ether oxygens (including phenoxy) is 1. The maximum atomic E-state index is 12.9. The van der Waals surface area contributed by atoms with Gasteiger partial charge in [-0.05, 0) is 37.1 Å². The molecule has 0 spiro atoms. The van der Waals surface area contributed by atoms with Gasteiger partial charge >= 0.3 is 5.97 Å². The number of nitrogens with one attached hydrogen (secondary N) is 1. The molecule has 0 saturated heterocycles. The van der Waals surface area contributed by atoms with E-state index < -0.39 is 18.5 Å². The van der Waals surface area contributed by atoms with Crippen LogP contribution in [0, 0.1) is 0 Å². The molecule has 1 fully saturated rings. The summed E-state index contributed by atoms with van der Waals surface area (Å²) in [6.07, 6.45) is 1.91. The summed E-state index contributed by atoms with van der Waals surface area (Å²) >= 11 is 0. The Labute approximate surface area is 180 Å². The molecular weight excluding hydrogens is 398 g/mol. The molecule has 1 aliphatic carbocycles. The highest BCUT2D eigenvalue weighted by Crippen LogP contribution is 2.19. The molecule has 0 unspecified atom stereocenters. The number of benzene rings is 2. The number of carbonyl (C=O) groups excluding carboxylic acids is 4. The maximum Gasteiger partial charge on any atom is 0.339 e. The summed E-state index contributed by atoms with van der Waals surface area (Å²) in [6.45, 7) is -0.632. The van der Waals surface area contributed by atoms with Crippen LogP contribution in [0.25, 0.3) is 0 Å². The van der Waals surface area contributed by atoms with Crippen molar-refractivity contribution < 1.29 is 23.9 Å². The third kappa shape index (κ3) is 5.91. The van der Waals surface area contributed by atoms with Crippen LogP contribution >= 0.6 is 0 Å². The Morgan fingerprint density at radius 2 is 1.55 bits per heavy atom. The third-order valence-electron chi connectivity index (χ3n) is 4.90. The number of nitrogens with zero attached hydrogens (tertiary/aromatic N) is 2. The number of rotatable bonds is 8. The number of carbonyl (C=O) groups is 4. The van der Waals surface area contributed by atoms with Crippen LogP contribution in [0.5, 0.6) is 0 Å². The lowest BCUT2D eigenvalue weighted by Gasteiger charge is -2.19. The highest BCUT2D eigenvalue weighted by atomic mass is 16.5. The van der Waals surface area contributed by atoms with E-state index in [1.807, 2.05) is 18.2 Å². The van der Waals surface area contributed by atoms with Gasteiger partial charge < -0.3 is 19.9 Å². The molecule has 162 valence electrons. The molecule has 0 radical (unpaired) electrons. The van der Waals surface area contributed by atoms with E-state index in [2.05, 4.69) is 5.32 Å². The summed E-state index contributed by atoms with van der Waals surface area (Å²) in [7, 11) is 3.08. The lowest BCUT2D eigenvalue weighted by Crippen LogP contribution is -2.40. The fraction of sp³-hybridized carbons (Fsp3) is 0.304. The molecule has 0 aliphatic heterocycles. The molecule has 1 N–H and O–H groups in total. The summed E-state index contributed by atoms with van der Waals surface area (Å²) in [5.74, 6) is -1.91. The van der Waals surface area contributed by atoms with Gasteiger partial charge in [0.15, 0.2) is 6.61 Å². The molecule has 0 aromatic heterocycles. The van der Waals surface area contributed by atoms with Crippen LogP contribution in [-0.4, -0.2) is 61.9 Å². The van der Waals surface area contributed by atoms with Crippen molar-refractivity contribution in [3.05, 3.63) is 65.7 Å². The van der Waals surface area contributed by atoms with Gasteiger partial charge in [-0.25, -0.2) is 4.79 Å². The monoisotopic (exact) mass is 423 g/mol. The molecule has 0 bridgehead atoms. The number of hydrogen-bond acceptors (Lipinski definition) is 5. The van der Waals surface area contributed by atoms with E-state index in [0.717, 1.165) is 12.8 Å². The first kappa shape index (κ1) is 22.0. The second kappa shape index (κ2) is 9.88. The molecule has 3 rings (SSSR count). The van der Waals surface area contributed by atoms with Crippen LogP contribution in [0.3, 0.4) is 0 Å². The standard InChI is InChI=1S/C23H25N3O5/c1-25(14-20(27)24-16-12-13-16)21(28)15-31-23(30)19-11-7-6-10-18(19)22(29)26(2)17-8-4-3-5-9-17/h3-11,16H,12-15H2,1-2H3,(H,24,27). The predicted octanol–water partition coefficient (Wildman–Crippen LogP) is 1.86. The topological polar surface area (TPSA) is 96.0 Å². The highest BCUT2D eigenvalue weighted by Gasteiger charge is 2.25. The summed E-state index contributed by atoms with van der Waals surface area (Å²) in [5.41, 5.74) is 0.914. The summed E-state index contributed by atoms with van der Waals surface area (Å²) in [4.78, 5) is 52.2. The highest BCUT2D eigenvalue weighted by molar-refractivity contribution is 6.12. The van der Waals surface area contributed by atoms with Crippen molar-refractivity contribution in [2.24, 2.45) is 0 Å². The first-order valence-corrected chi connectivity index (χ1v) is 9.99. The Morgan fingerprint density at radius 1 is 0.935 bits per heavy atom. The number of esters is 1. The van der Waals surface area contributed by atoms with E-state index >= 15 is 0 Å². The number of amides is 3. The number of anilines is 1. The van der Waals surface area contributed by atoms with Crippen molar-refractivity contribution in [1.29, 1.82) is 0 Å². The Balaban J connectivity index is 1.61. The SMILES string of the molecule is CN(CC(=O)NC1CC1)C(=O)COC(=O)c1ccccc1C(=O)N(C)c1ccccc1. The number of likely N-dealkylation sites (N-methyl/N-ethyl adjacent to an activating group) is 1. The molecule has 1 aliphatic rings. The van der Waals surface area contributed by atoms with Crippen LogP contribution in [0.2, 0.25) is 0 Å². The zero-order valence-electron chi connectivity index (χ0n) is 17.5. The minimum absolute atomic E-state index is 0.0669. The quantitative estimate of drug-likeness (QED) is 0.654. The van der Waals surface area contributed by atoms with Crippen LogP contribution in [0.1, 0.15) is 33.6 Å². The molecule has 2 aromatic rings. The van der Waals surface area contributed by atoms with Crippen molar-refractivity contribution in [1.82, 2.24) is 10.2 Å².